The molecule has 1 aromatic carbocycles. The van der Waals surface area contributed by atoms with Crippen LogP contribution < -0.4 is 5.32 Å². The van der Waals surface area contributed by atoms with Crippen LogP contribution in [0.1, 0.15) is 34.6 Å². The summed E-state index contributed by atoms with van der Waals surface area (Å²) in [6, 6.07) is 5.67. The Morgan fingerprint density at radius 3 is 3.05 bits per heavy atom. The Bertz CT molecular complexity index is 816. The lowest BCUT2D eigenvalue weighted by Gasteiger charge is -2.11. The first-order chi connectivity index (χ1) is 10.3. The average molecular weight is 281 g/mol. The molecule has 106 valence electrons. The molecule has 0 saturated carbocycles. The molecule has 0 radical (unpaired) electrons. The number of aryl methyl sites for hydroxylation is 1. The van der Waals surface area contributed by atoms with Gasteiger partial charge in [0, 0.05) is 22.3 Å². The van der Waals surface area contributed by atoms with Crippen molar-refractivity contribution in [3.05, 3.63) is 41.3 Å². The second-order valence-electron chi connectivity index (χ2n) is 5.36. The Balaban J connectivity index is 1.61. The van der Waals surface area contributed by atoms with Gasteiger partial charge in [-0.3, -0.25) is 15.0 Å². The van der Waals surface area contributed by atoms with Crippen LogP contribution in [-0.4, -0.2) is 26.3 Å². The number of carbonyl (C=O) groups is 1. The Kier molecular flexibility index (Phi) is 2.73. The summed E-state index contributed by atoms with van der Waals surface area (Å²) in [5.41, 5.74) is 4.34. The number of nitrogens with zero attached hydrogens (tertiary/aromatic N) is 2. The highest BCUT2D eigenvalue weighted by molar-refractivity contribution is 6.04. The molecule has 1 aliphatic carbocycles. The highest BCUT2D eigenvalue weighted by Gasteiger charge is 2.21. The van der Waals surface area contributed by atoms with Crippen LogP contribution in [0, 0.1) is 0 Å². The number of aromatic amines is 2. The number of hydrogen-bond donors (Lipinski definition) is 3. The molecule has 0 aliphatic heterocycles. The fraction of sp³-hybridized carbons (Fsp3) is 0.267. The van der Waals surface area contributed by atoms with E-state index in [1.807, 2.05) is 18.2 Å². The number of fused-ring (bicyclic) bond motifs is 2. The molecule has 0 fully saturated rings. The minimum absolute atomic E-state index is 0.159. The van der Waals surface area contributed by atoms with Gasteiger partial charge in [-0.1, -0.05) is 0 Å². The van der Waals surface area contributed by atoms with E-state index in [2.05, 4.69) is 25.7 Å². The Morgan fingerprint density at radius 1 is 1.19 bits per heavy atom. The molecule has 0 saturated heterocycles. The van der Waals surface area contributed by atoms with Crippen molar-refractivity contribution in [3.8, 4) is 0 Å². The molecule has 4 rings (SSSR count). The van der Waals surface area contributed by atoms with Crippen LogP contribution in [0.5, 0.6) is 0 Å². The van der Waals surface area contributed by atoms with Gasteiger partial charge in [0.25, 0.3) is 5.91 Å². The molecule has 3 N–H and O–H groups in total. The molecule has 1 amide bonds. The molecule has 1 aliphatic rings. The smallest absolute Gasteiger partial charge is 0.276 e. The zero-order valence-corrected chi connectivity index (χ0v) is 11.4. The van der Waals surface area contributed by atoms with E-state index in [1.54, 1.807) is 6.20 Å². The van der Waals surface area contributed by atoms with Crippen LogP contribution >= 0.6 is 0 Å². The van der Waals surface area contributed by atoms with Crippen molar-refractivity contribution < 1.29 is 4.79 Å². The molecule has 6 heteroatoms. The summed E-state index contributed by atoms with van der Waals surface area (Å²) in [5, 5.41) is 18.0. The molecular weight excluding hydrogens is 266 g/mol. The summed E-state index contributed by atoms with van der Waals surface area (Å²) in [5.74, 6) is -0.159. The molecule has 0 atom stereocenters. The van der Waals surface area contributed by atoms with Crippen LogP contribution in [0.15, 0.2) is 24.4 Å². The Morgan fingerprint density at radius 2 is 2.10 bits per heavy atom. The van der Waals surface area contributed by atoms with Crippen molar-refractivity contribution in [2.45, 2.75) is 25.7 Å². The largest absolute Gasteiger partial charge is 0.321 e. The van der Waals surface area contributed by atoms with E-state index in [0.29, 0.717) is 5.69 Å². The monoisotopic (exact) mass is 281 g/mol. The maximum absolute atomic E-state index is 12.4. The highest BCUT2D eigenvalue weighted by atomic mass is 16.1. The van der Waals surface area contributed by atoms with E-state index >= 15 is 0 Å². The number of amides is 1. The Hall–Kier alpha value is -2.63. The molecule has 2 heterocycles. The third kappa shape index (κ3) is 2.08. The van der Waals surface area contributed by atoms with Crippen molar-refractivity contribution in [3.63, 3.8) is 0 Å². The normalized spacial score (nSPS) is 14.1. The number of benzene rings is 1. The van der Waals surface area contributed by atoms with Crippen LogP contribution in [0.2, 0.25) is 0 Å². The van der Waals surface area contributed by atoms with Crippen LogP contribution in [-0.2, 0) is 12.8 Å². The van der Waals surface area contributed by atoms with Crippen LogP contribution in [0.25, 0.3) is 10.9 Å². The summed E-state index contributed by atoms with van der Waals surface area (Å²) in [4.78, 5) is 12.4. The number of aromatic nitrogens is 4. The van der Waals surface area contributed by atoms with E-state index in [-0.39, 0.29) is 5.91 Å². The number of H-pyrrole nitrogens is 2. The van der Waals surface area contributed by atoms with Crippen molar-refractivity contribution >= 4 is 22.5 Å². The van der Waals surface area contributed by atoms with Gasteiger partial charge < -0.3 is 5.32 Å². The minimum Gasteiger partial charge on any atom is -0.321 e. The molecule has 0 spiro atoms. The van der Waals surface area contributed by atoms with Gasteiger partial charge in [-0.05, 0) is 43.9 Å². The molecular formula is C15H15N5O. The molecule has 0 unspecified atom stereocenters. The number of anilines is 1. The third-order valence-electron chi connectivity index (χ3n) is 3.97. The van der Waals surface area contributed by atoms with Crippen molar-refractivity contribution in [1.29, 1.82) is 0 Å². The van der Waals surface area contributed by atoms with Gasteiger partial charge in [-0.25, -0.2) is 0 Å². The first kappa shape index (κ1) is 12.1. The fourth-order valence-electron chi connectivity index (χ4n) is 2.87. The van der Waals surface area contributed by atoms with E-state index in [9.17, 15) is 4.79 Å². The molecule has 2 aromatic heterocycles. The number of nitrogens with one attached hydrogen (secondary N) is 3. The summed E-state index contributed by atoms with van der Waals surface area (Å²) in [6.45, 7) is 0. The number of carbonyl (C=O) groups excluding carboxylic acids is 1. The van der Waals surface area contributed by atoms with Gasteiger partial charge in [0.05, 0.1) is 11.7 Å². The summed E-state index contributed by atoms with van der Waals surface area (Å²) < 4.78 is 0. The zero-order valence-electron chi connectivity index (χ0n) is 11.4. The lowest BCUT2D eigenvalue weighted by atomic mass is 9.96. The van der Waals surface area contributed by atoms with E-state index < -0.39 is 0 Å². The predicted molar refractivity (Wildman–Crippen MR) is 79.3 cm³/mol. The van der Waals surface area contributed by atoms with Crippen LogP contribution in [0.3, 0.4) is 0 Å². The SMILES string of the molecule is O=C(Nc1ccc2cn[nH]c2c1)c1n[nH]c2c1CCCC2. The lowest BCUT2D eigenvalue weighted by Crippen LogP contribution is -2.15. The molecule has 3 aromatic rings. The highest BCUT2D eigenvalue weighted by Crippen LogP contribution is 2.23. The summed E-state index contributed by atoms with van der Waals surface area (Å²) in [6.07, 6.45) is 5.94. The molecule has 0 bridgehead atoms. The maximum atomic E-state index is 12.4. The maximum Gasteiger partial charge on any atom is 0.276 e. The molecule has 21 heavy (non-hydrogen) atoms. The summed E-state index contributed by atoms with van der Waals surface area (Å²) >= 11 is 0. The second-order valence-corrected chi connectivity index (χ2v) is 5.36. The van der Waals surface area contributed by atoms with Gasteiger partial charge in [-0.2, -0.15) is 10.2 Å². The Labute approximate surface area is 120 Å². The third-order valence-corrected chi connectivity index (χ3v) is 3.97. The minimum atomic E-state index is -0.159. The predicted octanol–water partition coefficient (Wildman–Crippen LogP) is 2.42. The summed E-state index contributed by atoms with van der Waals surface area (Å²) in [7, 11) is 0. The number of hydrogen-bond acceptors (Lipinski definition) is 3. The fourth-order valence-corrected chi connectivity index (χ4v) is 2.87. The number of rotatable bonds is 2. The quantitative estimate of drug-likeness (QED) is 0.674. The van der Waals surface area contributed by atoms with Gasteiger partial charge in [0.2, 0.25) is 0 Å². The van der Waals surface area contributed by atoms with Gasteiger partial charge >= 0.3 is 0 Å². The first-order valence-corrected chi connectivity index (χ1v) is 7.12. The average Bonchev–Trinajstić information content (AvgIpc) is 3.13. The first-order valence-electron chi connectivity index (χ1n) is 7.12. The topological polar surface area (TPSA) is 86.5 Å². The van der Waals surface area contributed by atoms with Gasteiger partial charge in [-0.15, -0.1) is 0 Å². The van der Waals surface area contributed by atoms with E-state index in [0.717, 1.165) is 53.5 Å². The molecule has 6 nitrogen and oxygen atoms in total. The van der Waals surface area contributed by atoms with Gasteiger partial charge in [0.15, 0.2) is 5.69 Å². The second kappa shape index (κ2) is 4.73. The van der Waals surface area contributed by atoms with E-state index in [4.69, 9.17) is 0 Å². The lowest BCUT2D eigenvalue weighted by molar-refractivity contribution is 0.102. The van der Waals surface area contributed by atoms with Crippen molar-refractivity contribution in [1.82, 2.24) is 20.4 Å². The van der Waals surface area contributed by atoms with E-state index in [1.165, 1.54) is 0 Å². The standard InChI is InChI=1S/C15H15N5O/c21-15(14-11-3-1-2-4-12(11)19-20-14)17-10-6-5-9-8-16-18-13(9)7-10/h5-8H,1-4H2,(H,16,18)(H,17,21)(H,19,20). The van der Waals surface area contributed by atoms with Gasteiger partial charge in [0.1, 0.15) is 0 Å². The van der Waals surface area contributed by atoms with Crippen LogP contribution in [0.4, 0.5) is 5.69 Å². The van der Waals surface area contributed by atoms with Crippen molar-refractivity contribution in [2.75, 3.05) is 5.32 Å². The zero-order chi connectivity index (χ0) is 14.2. The van der Waals surface area contributed by atoms with Crippen molar-refractivity contribution in [2.24, 2.45) is 0 Å².